The number of carbonyl (C=O) groups is 1. The largest absolute Gasteiger partial charge is 0.511 e. The number of halogens is 3. The Morgan fingerprint density at radius 1 is 1.25 bits per heavy atom. The molecule has 0 fully saturated rings. The second-order valence-corrected chi connectivity index (χ2v) is 6.54. The summed E-state index contributed by atoms with van der Waals surface area (Å²) in [4.78, 5) is 11.8. The van der Waals surface area contributed by atoms with Crippen molar-refractivity contribution in [3.8, 4) is 0 Å². The molecule has 0 bridgehead atoms. The van der Waals surface area contributed by atoms with Crippen molar-refractivity contribution in [3.05, 3.63) is 35.9 Å². The predicted molar refractivity (Wildman–Crippen MR) is 81.8 cm³/mol. The van der Waals surface area contributed by atoms with Crippen LogP contribution in [0.5, 0.6) is 0 Å². The Bertz CT molecular complexity index is 621. The van der Waals surface area contributed by atoms with Gasteiger partial charge in [-0.2, -0.15) is 13.2 Å². The first-order chi connectivity index (χ1) is 11.2. The van der Waals surface area contributed by atoms with E-state index in [9.17, 15) is 26.4 Å². The molecule has 10 heteroatoms. The number of hydrogen-bond acceptors (Lipinski definition) is 4. The fraction of sp³-hybridized carbons (Fsp3) is 0.500. The zero-order valence-electron chi connectivity index (χ0n) is 13.0. The predicted octanol–water partition coefficient (Wildman–Crippen LogP) is 1.65. The van der Waals surface area contributed by atoms with Gasteiger partial charge in [0.1, 0.15) is 0 Å². The molecule has 6 nitrogen and oxygen atoms in total. The van der Waals surface area contributed by atoms with Crippen molar-refractivity contribution in [2.75, 3.05) is 19.7 Å². The second-order valence-electron chi connectivity index (χ2n) is 4.79. The van der Waals surface area contributed by atoms with E-state index >= 15 is 0 Å². The third-order valence-electron chi connectivity index (χ3n) is 3.00. The van der Waals surface area contributed by atoms with E-state index in [0.29, 0.717) is 5.56 Å². The normalized spacial score (nSPS) is 13.5. The minimum Gasteiger partial charge on any atom is -0.377 e. The monoisotopic (exact) mass is 368 g/mol. The van der Waals surface area contributed by atoms with Gasteiger partial charge in [0.15, 0.2) is 0 Å². The lowest BCUT2D eigenvalue weighted by molar-refractivity contribution is -0.0452. The molecule has 1 rings (SSSR count). The van der Waals surface area contributed by atoms with E-state index in [4.69, 9.17) is 4.74 Å². The highest BCUT2D eigenvalue weighted by atomic mass is 32.2. The first-order valence-electron chi connectivity index (χ1n) is 7.18. The fourth-order valence-corrected chi connectivity index (χ4v) is 2.37. The third kappa shape index (κ3) is 6.46. The molecule has 0 aliphatic carbocycles. The molecule has 0 saturated carbocycles. The quantitative estimate of drug-likeness (QED) is 0.694. The van der Waals surface area contributed by atoms with Crippen molar-refractivity contribution >= 4 is 15.9 Å². The molecule has 1 amide bonds. The Morgan fingerprint density at radius 2 is 1.88 bits per heavy atom. The molecule has 1 aromatic carbocycles. The molecule has 0 spiro atoms. The molecule has 0 saturated heterocycles. The molecule has 1 unspecified atom stereocenters. The fourth-order valence-electron chi connectivity index (χ4n) is 1.80. The molecule has 24 heavy (non-hydrogen) atoms. The Balaban J connectivity index is 2.48. The number of hydrogen-bond donors (Lipinski definition) is 2. The summed E-state index contributed by atoms with van der Waals surface area (Å²) in [7, 11) is -5.41. The molecule has 2 N–H and O–H groups in total. The molecule has 136 valence electrons. The van der Waals surface area contributed by atoms with Gasteiger partial charge in [-0.05, 0) is 25.5 Å². The number of amides is 1. The Kier molecular flexibility index (Phi) is 7.64. The van der Waals surface area contributed by atoms with Gasteiger partial charge in [-0.1, -0.05) is 18.2 Å². The Morgan fingerprint density at radius 3 is 2.42 bits per heavy atom. The Hall–Kier alpha value is -1.65. The maximum absolute atomic E-state index is 12.3. The zero-order valence-corrected chi connectivity index (χ0v) is 13.8. The lowest BCUT2D eigenvalue weighted by Crippen LogP contribution is -2.42. The van der Waals surface area contributed by atoms with Gasteiger partial charge in [0.05, 0.1) is 6.10 Å². The van der Waals surface area contributed by atoms with Crippen LogP contribution in [0, 0.1) is 0 Å². The van der Waals surface area contributed by atoms with Gasteiger partial charge in [0.2, 0.25) is 0 Å². The topological polar surface area (TPSA) is 84.5 Å². The Labute approximate surface area is 138 Å². The molecule has 0 radical (unpaired) electrons. The van der Waals surface area contributed by atoms with Gasteiger partial charge in [-0.25, -0.2) is 13.1 Å². The van der Waals surface area contributed by atoms with Gasteiger partial charge in [-0.15, -0.1) is 0 Å². The summed E-state index contributed by atoms with van der Waals surface area (Å²) in [6.45, 7) is 1.43. The van der Waals surface area contributed by atoms with Gasteiger partial charge >= 0.3 is 15.5 Å². The molecule has 1 aromatic rings. The summed E-state index contributed by atoms with van der Waals surface area (Å²) in [5.41, 5.74) is -4.92. The number of alkyl halides is 3. The number of sulfonamides is 1. The number of carbonyl (C=O) groups excluding carboxylic acids is 1. The van der Waals surface area contributed by atoms with Crippen molar-refractivity contribution in [1.82, 2.24) is 10.0 Å². The van der Waals surface area contributed by atoms with Gasteiger partial charge in [-0.3, -0.25) is 4.79 Å². The SMILES string of the molecule is CCOC(CCNC(=O)c1ccccc1)CNS(=O)(=O)C(F)(F)F. The van der Waals surface area contributed by atoms with Crippen LogP contribution in [0.2, 0.25) is 0 Å². The van der Waals surface area contributed by atoms with Crippen LogP contribution in [0.25, 0.3) is 0 Å². The number of benzene rings is 1. The van der Waals surface area contributed by atoms with E-state index < -0.39 is 28.2 Å². The number of rotatable bonds is 9. The van der Waals surface area contributed by atoms with E-state index in [0.717, 1.165) is 0 Å². The van der Waals surface area contributed by atoms with Crippen LogP contribution in [0.3, 0.4) is 0 Å². The van der Waals surface area contributed by atoms with Crippen LogP contribution in [0.4, 0.5) is 13.2 Å². The van der Waals surface area contributed by atoms with Crippen molar-refractivity contribution in [1.29, 1.82) is 0 Å². The van der Waals surface area contributed by atoms with Crippen LogP contribution < -0.4 is 10.0 Å². The average molecular weight is 368 g/mol. The second kappa shape index (κ2) is 9.00. The van der Waals surface area contributed by atoms with Crippen LogP contribution in [-0.2, 0) is 14.8 Å². The van der Waals surface area contributed by atoms with E-state index in [2.05, 4.69) is 5.32 Å². The molecule has 0 heterocycles. The maximum atomic E-state index is 12.3. The van der Waals surface area contributed by atoms with Crippen LogP contribution in [0.1, 0.15) is 23.7 Å². The van der Waals surface area contributed by atoms with E-state index in [1.165, 1.54) is 4.72 Å². The summed E-state index contributed by atoms with van der Waals surface area (Å²) in [5.74, 6) is -0.332. The van der Waals surface area contributed by atoms with Crippen LogP contribution >= 0.6 is 0 Å². The number of nitrogens with one attached hydrogen (secondary N) is 2. The van der Waals surface area contributed by atoms with Gasteiger partial charge in [0.25, 0.3) is 5.91 Å². The summed E-state index contributed by atoms with van der Waals surface area (Å²) in [6, 6.07) is 8.39. The highest BCUT2D eigenvalue weighted by Crippen LogP contribution is 2.21. The van der Waals surface area contributed by atoms with Crippen molar-refractivity contribution in [3.63, 3.8) is 0 Å². The van der Waals surface area contributed by atoms with Crippen molar-refractivity contribution in [2.24, 2.45) is 0 Å². The lowest BCUT2D eigenvalue weighted by Gasteiger charge is -2.18. The minimum atomic E-state index is -5.41. The molecule has 0 aliphatic rings. The highest BCUT2D eigenvalue weighted by Gasteiger charge is 2.45. The molecular formula is C14H19F3N2O4S. The van der Waals surface area contributed by atoms with E-state index in [-0.39, 0.29) is 25.5 Å². The molecule has 0 aromatic heterocycles. The van der Waals surface area contributed by atoms with Crippen molar-refractivity contribution in [2.45, 2.75) is 25.0 Å². The van der Waals surface area contributed by atoms with Crippen LogP contribution in [0.15, 0.2) is 30.3 Å². The summed E-state index contributed by atoms with van der Waals surface area (Å²) < 4.78 is 65.4. The standard InChI is InChI=1S/C14H19F3N2O4S/c1-2-23-12(10-19-24(21,22)14(15,16)17)8-9-18-13(20)11-6-4-3-5-7-11/h3-7,12,19H,2,8-10H2,1H3,(H,18,20). The summed E-state index contributed by atoms with van der Waals surface area (Å²) >= 11 is 0. The molecule has 1 atom stereocenters. The third-order valence-corrected chi connectivity index (χ3v) is 4.15. The first kappa shape index (κ1) is 20.4. The maximum Gasteiger partial charge on any atom is 0.511 e. The number of ether oxygens (including phenoxy) is 1. The highest BCUT2D eigenvalue weighted by molar-refractivity contribution is 7.90. The molecule has 0 aliphatic heterocycles. The first-order valence-corrected chi connectivity index (χ1v) is 8.66. The minimum absolute atomic E-state index is 0.131. The zero-order chi connectivity index (χ0) is 18.2. The van der Waals surface area contributed by atoms with E-state index in [1.807, 2.05) is 0 Å². The average Bonchev–Trinajstić information content (AvgIpc) is 2.52. The smallest absolute Gasteiger partial charge is 0.377 e. The van der Waals surface area contributed by atoms with Crippen molar-refractivity contribution < 1.29 is 31.1 Å². The van der Waals surface area contributed by atoms with Crippen LogP contribution in [-0.4, -0.2) is 45.6 Å². The van der Waals surface area contributed by atoms with Gasteiger partial charge < -0.3 is 10.1 Å². The summed E-state index contributed by atoms with van der Waals surface area (Å²) in [6.07, 6.45) is -0.629. The lowest BCUT2D eigenvalue weighted by atomic mass is 10.2. The summed E-state index contributed by atoms with van der Waals surface area (Å²) in [5, 5.41) is 2.60. The van der Waals surface area contributed by atoms with Gasteiger partial charge in [0, 0.05) is 25.3 Å². The molecular weight excluding hydrogens is 349 g/mol. The van der Waals surface area contributed by atoms with E-state index in [1.54, 1.807) is 37.3 Å².